The summed E-state index contributed by atoms with van der Waals surface area (Å²) in [4.78, 5) is 11.9. The van der Waals surface area contributed by atoms with E-state index < -0.39 is 0 Å². The summed E-state index contributed by atoms with van der Waals surface area (Å²) in [6.45, 7) is 0.831. The van der Waals surface area contributed by atoms with Crippen molar-refractivity contribution in [2.45, 2.75) is 50.7 Å². The maximum absolute atomic E-state index is 11.9. The highest BCUT2D eigenvalue weighted by Crippen LogP contribution is 2.28. The van der Waals surface area contributed by atoms with Crippen LogP contribution in [0.1, 0.15) is 38.5 Å². The number of hydrogen-bond acceptors (Lipinski definition) is 3. The average Bonchev–Trinajstić information content (AvgIpc) is 2.86. The minimum atomic E-state index is 0.0653. The van der Waals surface area contributed by atoms with Crippen LogP contribution in [-0.4, -0.2) is 31.6 Å². The number of carbonyl (C=O) groups is 1. The standard InChI is InChI=1S/C12H21NO2/c1-15-10-7-11(13-8-10)12(14)6-9-4-2-3-5-9/h9-11,13H,2-8H2,1H3. The molecule has 1 saturated heterocycles. The summed E-state index contributed by atoms with van der Waals surface area (Å²) in [5.74, 6) is 1.07. The van der Waals surface area contributed by atoms with E-state index in [-0.39, 0.29) is 12.1 Å². The van der Waals surface area contributed by atoms with E-state index in [1.165, 1.54) is 25.7 Å². The van der Waals surface area contributed by atoms with Crippen LogP contribution in [0.2, 0.25) is 0 Å². The van der Waals surface area contributed by atoms with Crippen LogP contribution in [0.4, 0.5) is 0 Å². The Kier molecular flexibility index (Phi) is 3.76. The fourth-order valence-electron chi connectivity index (χ4n) is 2.77. The van der Waals surface area contributed by atoms with E-state index in [4.69, 9.17) is 4.74 Å². The van der Waals surface area contributed by atoms with Crippen molar-refractivity contribution in [3.8, 4) is 0 Å². The zero-order valence-corrected chi connectivity index (χ0v) is 9.50. The molecule has 0 spiro atoms. The summed E-state index contributed by atoms with van der Waals surface area (Å²) in [6.07, 6.45) is 7.03. The lowest BCUT2D eigenvalue weighted by Crippen LogP contribution is -2.31. The summed E-state index contributed by atoms with van der Waals surface area (Å²) in [7, 11) is 1.72. The molecule has 0 aromatic rings. The molecule has 0 bridgehead atoms. The number of ketones is 1. The normalized spacial score (nSPS) is 32.3. The van der Waals surface area contributed by atoms with Gasteiger partial charge < -0.3 is 10.1 Å². The molecule has 1 heterocycles. The van der Waals surface area contributed by atoms with Crippen molar-refractivity contribution in [2.75, 3.05) is 13.7 Å². The molecule has 86 valence electrons. The fraction of sp³-hybridized carbons (Fsp3) is 0.917. The zero-order chi connectivity index (χ0) is 10.7. The van der Waals surface area contributed by atoms with Gasteiger partial charge in [-0.25, -0.2) is 0 Å². The van der Waals surface area contributed by atoms with E-state index in [0.717, 1.165) is 19.4 Å². The summed E-state index contributed by atoms with van der Waals surface area (Å²) in [5.41, 5.74) is 0. The fourth-order valence-corrected chi connectivity index (χ4v) is 2.77. The molecule has 0 aromatic heterocycles. The molecule has 3 heteroatoms. The molecule has 2 fully saturated rings. The molecule has 1 N–H and O–H groups in total. The Morgan fingerprint density at radius 2 is 2.13 bits per heavy atom. The van der Waals surface area contributed by atoms with E-state index in [2.05, 4.69) is 5.32 Å². The van der Waals surface area contributed by atoms with Crippen LogP contribution >= 0.6 is 0 Å². The first-order chi connectivity index (χ1) is 7.29. The molecule has 2 rings (SSSR count). The van der Waals surface area contributed by atoms with Crippen LogP contribution in [-0.2, 0) is 9.53 Å². The molecule has 1 saturated carbocycles. The predicted octanol–water partition coefficient (Wildman–Crippen LogP) is 1.51. The second-order valence-corrected chi connectivity index (χ2v) is 4.88. The average molecular weight is 211 g/mol. The van der Waals surface area contributed by atoms with E-state index in [0.29, 0.717) is 11.7 Å². The molecule has 15 heavy (non-hydrogen) atoms. The largest absolute Gasteiger partial charge is 0.380 e. The number of nitrogens with one attached hydrogen (secondary N) is 1. The lowest BCUT2D eigenvalue weighted by Gasteiger charge is -2.12. The van der Waals surface area contributed by atoms with Gasteiger partial charge in [-0.15, -0.1) is 0 Å². The van der Waals surface area contributed by atoms with Crippen molar-refractivity contribution in [3.05, 3.63) is 0 Å². The smallest absolute Gasteiger partial charge is 0.150 e. The lowest BCUT2D eigenvalue weighted by atomic mass is 9.96. The van der Waals surface area contributed by atoms with Gasteiger partial charge in [0, 0.05) is 20.1 Å². The number of Topliss-reactive ketones (excluding diaryl/α,β-unsaturated/α-hetero) is 1. The van der Waals surface area contributed by atoms with Gasteiger partial charge in [0.15, 0.2) is 0 Å². The second-order valence-electron chi connectivity index (χ2n) is 4.88. The van der Waals surface area contributed by atoms with Gasteiger partial charge in [0.1, 0.15) is 5.78 Å². The molecule has 2 atom stereocenters. The zero-order valence-electron chi connectivity index (χ0n) is 9.50. The van der Waals surface area contributed by atoms with Gasteiger partial charge in [-0.3, -0.25) is 4.79 Å². The minimum absolute atomic E-state index is 0.0653. The van der Waals surface area contributed by atoms with Crippen molar-refractivity contribution in [2.24, 2.45) is 5.92 Å². The molecule has 1 aliphatic heterocycles. The van der Waals surface area contributed by atoms with Crippen molar-refractivity contribution in [1.82, 2.24) is 5.32 Å². The lowest BCUT2D eigenvalue weighted by molar-refractivity contribution is -0.121. The molecular formula is C12H21NO2. The van der Waals surface area contributed by atoms with Gasteiger partial charge in [-0.1, -0.05) is 25.7 Å². The topological polar surface area (TPSA) is 38.3 Å². The third-order valence-electron chi connectivity index (χ3n) is 3.78. The maximum Gasteiger partial charge on any atom is 0.150 e. The Hall–Kier alpha value is -0.410. The van der Waals surface area contributed by atoms with Crippen molar-refractivity contribution >= 4 is 5.78 Å². The van der Waals surface area contributed by atoms with Gasteiger partial charge >= 0.3 is 0 Å². The number of hydrogen-bond donors (Lipinski definition) is 1. The van der Waals surface area contributed by atoms with Crippen LogP contribution in [0, 0.1) is 5.92 Å². The second kappa shape index (κ2) is 5.08. The van der Waals surface area contributed by atoms with Gasteiger partial charge in [0.05, 0.1) is 12.1 Å². The highest BCUT2D eigenvalue weighted by Gasteiger charge is 2.30. The number of methoxy groups -OCH3 is 1. The third-order valence-corrected chi connectivity index (χ3v) is 3.78. The summed E-state index contributed by atoms with van der Waals surface area (Å²) < 4.78 is 5.25. The summed E-state index contributed by atoms with van der Waals surface area (Å²) in [5, 5.41) is 3.26. The molecule has 2 unspecified atom stereocenters. The number of rotatable bonds is 4. The van der Waals surface area contributed by atoms with Crippen LogP contribution in [0.15, 0.2) is 0 Å². The SMILES string of the molecule is COC1CNC(C(=O)CC2CCCC2)C1. The predicted molar refractivity (Wildman–Crippen MR) is 58.8 cm³/mol. The van der Waals surface area contributed by atoms with Gasteiger partial charge in [0.25, 0.3) is 0 Å². The quantitative estimate of drug-likeness (QED) is 0.766. The minimum Gasteiger partial charge on any atom is -0.380 e. The summed E-state index contributed by atoms with van der Waals surface area (Å²) in [6, 6.07) is 0.0653. The van der Waals surface area contributed by atoms with Crippen LogP contribution in [0.3, 0.4) is 0 Å². The van der Waals surface area contributed by atoms with Crippen LogP contribution < -0.4 is 5.32 Å². The molecule has 0 aromatic carbocycles. The number of carbonyl (C=O) groups excluding carboxylic acids is 1. The molecule has 1 aliphatic carbocycles. The molecular weight excluding hydrogens is 190 g/mol. The monoisotopic (exact) mass is 211 g/mol. The summed E-state index contributed by atoms with van der Waals surface area (Å²) >= 11 is 0. The van der Waals surface area contributed by atoms with Crippen molar-refractivity contribution in [3.63, 3.8) is 0 Å². The number of ether oxygens (including phenoxy) is 1. The first-order valence-corrected chi connectivity index (χ1v) is 6.08. The maximum atomic E-state index is 11.9. The molecule has 2 aliphatic rings. The molecule has 0 radical (unpaired) electrons. The van der Waals surface area contributed by atoms with Crippen molar-refractivity contribution < 1.29 is 9.53 Å². The molecule has 3 nitrogen and oxygen atoms in total. The van der Waals surface area contributed by atoms with E-state index in [1.807, 2.05) is 0 Å². The Morgan fingerprint density at radius 3 is 2.73 bits per heavy atom. The Morgan fingerprint density at radius 1 is 1.40 bits per heavy atom. The Bertz CT molecular complexity index is 224. The first-order valence-electron chi connectivity index (χ1n) is 6.08. The van der Waals surface area contributed by atoms with E-state index in [9.17, 15) is 4.79 Å². The van der Waals surface area contributed by atoms with Gasteiger partial charge in [-0.2, -0.15) is 0 Å². The van der Waals surface area contributed by atoms with E-state index in [1.54, 1.807) is 7.11 Å². The van der Waals surface area contributed by atoms with Gasteiger partial charge in [0.2, 0.25) is 0 Å². The highest BCUT2D eigenvalue weighted by molar-refractivity contribution is 5.84. The Balaban J connectivity index is 1.76. The van der Waals surface area contributed by atoms with Gasteiger partial charge in [-0.05, 0) is 12.3 Å². The van der Waals surface area contributed by atoms with Crippen LogP contribution in [0.25, 0.3) is 0 Å². The first kappa shape index (κ1) is 11.1. The van der Waals surface area contributed by atoms with Crippen LogP contribution in [0.5, 0.6) is 0 Å². The Labute approximate surface area is 91.6 Å². The molecule has 0 amide bonds. The highest BCUT2D eigenvalue weighted by atomic mass is 16.5. The van der Waals surface area contributed by atoms with E-state index >= 15 is 0 Å². The third kappa shape index (κ3) is 2.79. The van der Waals surface area contributed by atoms with Crippen molar-refractivity contribution in [1.29, 1.82) is 0 Å².